The van der Waals surface area contributed by atoms with Gasteiger partial charge in [-0.3, -0.25) is 14.3 Å². The van der Waals surface area contributed by atoms with E-state index in [-0.39, 0.29) is 29.4 Å². The minimum atomic E-state index is -0.361. The average molecular weight is 498 g/mol. The van der Waals surface area contributed by atoms with Crippen LogP contribution in [-0.2, 0) is 16.1 Å². The van der Waals surface area contributed by atoms with E-state index in [1.54, 1.807) is 23.0 Å². The summed E-state index contributed by atoms with van der Waals surface area (Å²) >= 11 is 1.20. The predicted octanol–water partition coefficient (Wildman–Crippen LogP) is 4.09. The highest BCUT2D eigenvalue weighted by molar-refractivity contribution is 7.99. The number of esters is 1. The molecule has 0 N–H and O–H groups in total. The van der Waals surface area contributed by atoms with Crippen molar-refractivity contribution in [2.45, 2.75) is 44.3 Å². The number of aryl methyl sites for hydroxylation is 2. The molecule has 8 nitrogen and oxygen atoms in total. The van der Waals surface area contributed by atoms with E-state index in [2.05, 4.69) is 10.1 Å². The number of nitrogens with zero attached hydrogens (tertiary/aromatic N) is 5. The van der Waals surface area contributed by atoms with Crippen LogP contribution in [-0.4, -0.2) is 62.5 Å². The smallest absolute Gasteiger partial charge is 0.316 e. The van der Waals surface area contributed by atoms with Gasteiger partial charge in [0.25, 0.3) is 5.91 Å². The Bertz CT molecular complexity index is 1210. The number of likely N-dealkylation sites (tertiary alicyclic amines) is 1. The Labute approximate surface area is 207 Å². The molecule has 0 radical (unpaired) electrons. The molecule has 1 atom stereocenters. The Morgan fingerprint density at radius 1 is 1.26 bits per heavy atom. The van der Waals surface area contributed by atoms with E-state index >= 15 is 0 Å². The molecule has 10 heteroatoms. The number of carbonyl (C=O) groups excluding carboxylic acids is 2. The van der Waals surface area contributed by atoms with Crippen LogP contribution in [0.3, 0.4) is 0 Å². The Hall–Kier alpha value is -3.27. The monoisotopic (exact) mass is 497 g/mol. The second-order valence-corrected chi connectivity index (χ2v) is 9.34. The number of ether oxygens (including phenoxy) is 1. The first-order valence-electron chi connectivity index (χ1n) is 11.6. The van der Waals surface area contributed by atoms with Gasteiger partial charge in [-0.05, 0) is 50.5 Å². The zero-order valence-electron chi connectivity index (χ0n) is 20.0. The maximum atomic E-state index is 13.6. The van der Waals surface area contributed by atoms with Crippen LogP contribution in [0.15, 0.2) is 41.7 Å². The lowest BCUT2D eigenvalue weighted by Gasteiger charge is -2.33. The third-order valence-corrected chi connectivity index (χ3v) is 6.85. The highest BCUT2D eigenvalue weighted by Gasteiger charge is 2.30. The van der Waals surface area contributed by atoms with Crippen molar-refractivity contribution in [2.75, 3.05) is 26.0 Å². The van der Waals surface area contributed by atoms with Crippen molar-refractivity contribution in [3.8, 4) is 11.1 Å². The number of rotatable bonds is 7. The van der Waals surface area contributed by atoms with Crippen LogP contribution in [0.5, 0.6) is 0 Å². The van der Waals surface area contributed by atoms with E-state index in [9.17, 15) is 14.0 Å². The summed E-state index contributed by atoms with van der Waals surface area (Å²) < 4.78 is 20.0. The molecule has 1 aliphatic rings. The number of halogens is 1. The predicted molar refractivity (Wildman–Crippen MR) is 131 cm³/mol. The Kier molecular flexibility index (Phi) is 7.80. The van der Waals surface area contributed by atoms with E-state index in [1.165, 1.54) is 31.0 Å². The highest BCUT2D eigenvalue weighted by Crippen LogP contribution is 2.34. The highest BCUT2D eigenvalue weighted by atomic mass is 32.2. The Balaban J connectivity index is 1.65. The number of benzene rings is 1. The van der Waals surface area contributed by atoms with Crippen molar-refractivity contribution in [3.63, 3.8) is 0 Å². The first kappa shape index (κ1) is 24.8. The fourth-order valence-electron chi connectivity index (χ4n) is 4.30. The van der Waals surface area contributed by atoms with Gasteiger partial charge in [0.15, 0.2) is 5.16 Å². The Morgan fingerprint density at radius 3 is 2.74 bits per heavy atom. The van der Waals surface area contributed by atoms with Crippen LogP contribution in [0.1, 0.15) is 47.6 Å². The number of thioether (sulfide) groups is 1. The minimum Gasteiger partial charge on any atom is -0.468 e. The van der Waals surface area contributed by atoms with Crippen molar-refractivity contribution in [1.29, 1.82) is 0 Å². The molecular weight excluding hydrogens is 469 g/mol. The number of amides is 1. The molecule has 1 amide bonds. The maximum absolute atomic E-state index is 13.6. The molecule has 1 aromatic carbocycles. The van der Waals surface area contributed by atoms with Gasteiger partial charge in [0.1, 0.15) is 11.5 Å². The molecule has 35 heavy (non-hydrogen) atoms. The molecule has 4 rings (SSSR count). The van der Waals surface area contributed by atoms with Crippen LogP contribution in [0.25, 0.3) is 11.1 Å². The fourth-order valence-corrected chi connectivity index (χ4v) is 4.95. The number of methoxy groups -OCH3 is 1. The van der Waals surface area contributed by atoms with Crippen LogP contribution in [0, 0.1) is 12.7 Å². The van der Waals surface area contributed by atoms with Crippen molar-refractivity contribution in [3.05, 3.63) is 59.4 Å². The number of aromatic nitrogens is 4. The van der Waals surface area contributed by atoms with Gasteiger partial charge in [-0.1, -0.05) is 23.9 Å². The van der Waals surface area contributed by atoms with Crippen molar-refractivity contribution in [1.82, 2.24) is 24.6 Å². The molecule has 2 aromatic heterocycles. The first-order chi connectivity index (χ1) is 16.9. The summed E-state index contributed by atoms with van der Waals surface area (Å²) in [6, 6.07) is 8.04. The summed E-state index contributed by atoms with van der Waals surface area (Å²) in [5, 5.41) is 4.87. The van der Waals surface area contributed by atoms with Gasteiger partial charge in [-0.2, -0.15) is 5.10 Å². The van der Waals surface area contributed by atoms with E-state index in [4.69, 9.17) is 9.72 Å². The lowest BCUT2D eigenvalue weighted by Crippen LogP contribution is -2.40. The Morgan fingerprint density at radius 2 is 2.03 bits per heavy atom. The van der Waals surface area contributed by atoms with Gasteiger partial charge in [0, 0.05) is 37.3 Å². The quantitative estimate of drug-likeness (QED) is 0.276. The number of hydrogen-bond acceptors (Lipinski definition) is 7. The first-order valence-corrected chi connectivity index (χ1v) is 12.5. The van der Waals surface area contributed by atoms with Crippen molar-refractivity contribution in [2.24, 2.45) is 0 Å². The van der Waals surface area contributed by atoms with Crippen LogP contribution in [0.2, 0.25) is 0 Å². The SMILES string of the molecule is CCn1nc(C)cc1C(=O)N1CCCC(c2nc(SCC(=O)OC)ncc2-c2ccc(F)cc2)C1. The largest absolute Gasteiger partial charge is 0.468 e. The molecule has 0 spiro atoms. The summed E-state index contributed by atoms with van der Waals surface area (Å²) in [6.45, 7) is 5.62. The van der Waals surface area contributed by atoms with Crippen molar-refractivity contribution >= 4 is 23.6 Å². The molecule has 184 valence electrons. The van der Waals surface area contributed by atoms with Crippen LogP contribution >= 0.6 is 11.8 Å². The molecule has 0 saturated carbocycles. The number of hydrogen-bond donors (Lipinski definition) is 0. The van der Waals surface area contributed by atoms with E-state index < -0.39 is 0 Å². The van der Waals surface area contributed by atoms with Gasteiger partial charge >= 0.3 is 5.97 Å². The molecule has 0 aliphatic carbocycles. The van der Waals surface area contributed by atoms with Crippen molar-refractivity contribution < 1.29 is 18.7 Å². The molecule has 1 aliphatic heterocycles. The van der Waals surface area contributed by atoms with Gasteiger partial charge in [0.2, 0.25) is 0 Å². The average Bonchev–Trinajstić information content (AvgIpc) is 3.27. The third-order valence-electron chi connectivity index (χ3n) is 6.01. The van der Waals surface area contributed by atoms with Gasteiger partial charge in [-0.15, -0.1) is 0 Å². The topological polar surface area (TPSA) is 90.2 Å². The number of carbonyl (C=O) groups is 2. The normalized spacial score (nSPS) is 15.8. The summed E-state index contributed by atoms with van der Waals surface area (Å²) in [6.07, 6.45) is 3.39. The number of piperidine rings is 1. The summed E-state index contributed by atoms with van der Waals surface area (Å²) in [5.74, 6) is -0.664. The summed E-state index contributed by atoms with van der Waals surface area (Å²) in [5.41, 5.74) is 3.78. The fraction of sp³-hybridized carbons (Fsp3) is 0.400. The van der Waals surface area contributed by atoms with Gasteiger partial charge in [-0.25, -0.2) is 14.4 Å². The zero-order valence-corrected chi connectivity index (χ0v) is 20.8. The molecule has 3 heterocycles. The lowest BCUT2D eigenvalue weighted by molar-refractivity contribution is -0.137. The van der Waals surface area contributed by atoms with Gasteiger partial charge < -0.3 is 9.64 Å². The van der Waals surface area contributed by atoms with Crippen LogP contribution in [0.4, 0.5) is 4.39 Å². The molecule has 3 aromatic rings. The van der Waals surface area contributed by atoms with Crippen LogP contribution < -0.4 is 0 Å². The second-order valence-electron chi connectivity index (χ2n) is 8.40. The van der Waals surface area contributed by atoms with Gasteiger partial charge in [0.05, 0.1) is 24.3 Å². The standard InChI is InChI=1S/C25H28FN5O3S/c1-4-31-21(12-16(2)29-31)24(33)30-11-5-6-18(14-30)23-20(17-7-9-19(26)10-8-17)13-27-25(28-23)35-15-22(32)34-3/h7-10,12-13,18H,4-6,11,14-15H2,1-3H3. The lowest BCUT2D eigenvalue weighted by atomic mass is 9.90. The summed E-state index contributed by atoms with van der Waals surface area (Å²) in [4.78, 5) is 36.1. The van der Waals surface area contributed by atoms with E-state index in [0.29, 0.717) is 30.5 Å². The zero-order chi connectivity index (χ0) is 24.9. The molecule has 1 saturated heterocycles. The third kappa shape index (κ3) is 5.70. The maximum Gasteiger partial charge on any atom is 0.316 e. The van der Waals surface area contributed by atoms with E-state index in [1.807, 2.05) is 24.8 Å². The molecule has 1 fully saturated rings. The second kappa shape index (κ2) is 11.0. The molecular formula is C25H28FN5O3S. The summed E-state index contributed by atoms with van der Waals surface area (Å²) in [7, 11) is 1.34. The molecule has 0 bridgehead atoms. The minimum absolute atomic E-state index is 0.0349. The van der Waals surface area contributed by atoms with E-state index in [0.717, 1.165) is 35.4 Å². The molecule has 1 unspecified atom stereocenters.